The highest BCUT2D eigenvalue weighted by Crippen LogP contribution is 2.29. The molecule has 1 aromatic rings. The van der Waals surface area contributed by atoms with Crippen LogP contribution in [0.25, 0.3) is 0 Å². The molecule has 0 atom stereocenters. The van der Waals surface area contributed by atoms with Gasteiger partial charge in [0.25, 0.3) is 0 Å². The van der Waals surface area contributed by atoms with Crippen molar-refractivity contribution in [2.45, 2.75) is 19.8 Å². The first-order chi connectivity index (χ1) is 10.6. The Labute approximate surface area is 127 Å². The van der Waals surface area contributed by atoms with Crippen LogP contribution in [0.4, 0.5) is 11.5 Å². The Balaban J connectivity index is 2.15. The number of terminal acetylenes is 1. The van der Waals surface area contributed by atoms with Crippen molar-refractivity contribution in [1.82, 2.24) is 9.97 Å². The molecule has 1 aliphatic rings. The number of hydrogen-bond acceptors (Lipinski definition) is 7. The maximum atomic E-state index is 11.7. The van der Waals surface area contributed by atoms with E-state index in [1.165, 1.54) is 0 Å². The van der Waals surface area contributed by atoms with Crippen molar-refractivity contribution in [3.05, 3.63) is 22.1 Å². The van der Waals surface area contributed by atoms with Gasteiger partial charge < -0.3 is 9.64 Å². The number of nitro groups is 1. The largest absolute Gasteiger partial charge is 0.466 e. The van der Waals surface area contributed by atoms with Crippen LogP contribution in [0.1, 0.15) is 25.6 Å². The second-order valence-electron chi connectivity index (χ2n) is 4.82. The van der Waals surface area contributed by atoms with Gasteiger partial charge >= 0.3 is 11.7 Å². The summed E-state index contributed by atoms with van der Waals surface area (Å²) in [5.74, 6) is 2.18. The second-order valence-corrected chi connectivity index (χ2v) is 4.82. The maximum Gasteiger partial charge on any atom is 0.329 e. The fourth-order valence-electron chi connectivity index (χ4n) is 2.38. The summed E-state index contributed by atoms with van der Waals surface area (Å²) in [6.07, 6.45) is 7.49. The van der Waals surface area contributed by atoms with Gasteiger partial charge in [-0.05, 0) is 25.7 Å². The van der Waals surface area contributed by atoms with Crippen LogP contribution in [-0.2, 0) is 9.53 Å². The Bertz CT molecular complexity index is 618. The van der Waals surface area contributed by atoms with Crippen molar-refractivity contribution >= 4 is 17.5 Å². The Kier molecular flexibility index (Phi) is 4.88. The van der Waals surface area contributed by atoms with E-state index in [9.17, 15) is 14.9 Å². The Morgan fingerprint density at radius 1 is 1.59 bits per heavy atom. The molecule has 2 rings (SSSR count). The lowest BCUT2D eigenvalue weighted by atomic mass is 9.97. The molecule has 22 heavy (non-hydrogen) atoms. The van der Waals surface area contributed by atoms with Gasteiger partial charge in [0.2, 0.25) is 11.6 Å². The molecule has 0 aromatic carbocycles. The molecule has 1 fully saturated rings. The van der Waals surface area contributed by atoms with Crippen LogP contribution in [0.5, 0.6) is 0 Å². The number of ether oxygens (including phenoxy) is 1. The Morgan fingerprint density at radius 2 is 2.27 bits per heavy atom. The van der Waals surface area contributed by atoms with Crippen molar-refractivity contribution in [3.63, 3.8) is 0 Å². The second kappa shape index (κ2) is 6.85. The first-order valence-corrected chi connectivity index (χ1v) is 6.96. The molecule has 0 spiro atoms. The van der Waals surface area contributed by atoms with Gasteiger partial charge in [-0.3, -0.25) is 14.9 Å². The van der Waals surface area contributed by atoms with Gasteiger partial charge in [-0.25, -0.2) is 4.98 Å². The lowest BCUT2D eigenvalue weighted by molar-refractivity contribution is -0.384. The average Bonchev–Trinajstić information content (AvgIpc) is 2.54. The third kappa shape index (κ3) is 3.31. The van der Waals surface area contributed by atoms with E-state index in [1.54, 1.807) is 11.8 Å². The summed E-state index contributed by atoms with van der Waals surface area (Å²) in [5.41, 5.74) is -0.186. The van der Waals surface area contributed by atoms with Crippen molar-refractivity contribution in [3.8, 4) is 12.3 Å². The number of piperidine rings is 1. The van der Waals surface area contributed by atoms with Gasteiger partial charge in [0.05, 0.1) is 17.4 Å². The normalized spacial score (nSPS) is 15.2. The van der Waals surface area contributed by atoms with E-state index >= 15 is 0 Å². The van der Waals surface area contributed by atoms with Crippen LogP contribution in [0.2, 0.25) is 0 Å². The maximum absolute atomic E-state index is 11.7. The first kappa shape index (κ1) is 15.7. The van der Waals surface area contributed by atoms with Gasteiger partial charge in [0.15, 0.2) is 0 Å². The smallest absolute Gasteiger partial charge is 0.329 e. The highest BCUT2D eigenvalue weighted by molar-refractivity contribution is 5.73. The highest BCUT2D eigenvalue weighted by atomic mass is 16.6. The van der Waals surface area contributed by atoms with Crippen LogP contribution in [0.15, 0.2) is 6.20 Å². The SMILES string of the molecule is C#Cc1ncc([N+](=O)[O-])c(N2CCC(C(=O)OCC)CC2)n1. The number of aromatic nitrogens is 2. The molecular weight excluding hydrogens is 288 g/mol. The van der Waals surface area contributed by atoms with Crippen molar-refractivity contribution < 1.29 is 14.5 Å². The molecule has 0 saturated carbocycles. The van der Waals surface area contributed by atoms with E-state index in [4.69, 9.17) is 11.2 Å². The van der Waals surface area contributed by atoms with Crippen LogP contribution in [-0.4, -0.2) is 40.6 Å². The van der Waals surface area contributed by atoms with E-state index in [0.29, 0.717) is 32.5 Å². The molecule has 0 aliphatic carbocycles. The summed E-state index contributed by atoms with van der Waals surface area (Å²) < 4.78 is 5.00. The molecule has 0 radical (unpaired) electrons. The van der Waals surface area contributed by atoms with Crippen LogP contribution in [0.3, 0.4) is 0 Å². The van der Waals surface area contributed by atoms with Gasteiger partial charge in [0, 0.05) is 13.1 Å². The summed E-state index contributed by atoms with van der Waals surface area (Å²) in [6.45, 7) is 3.07. The quantitative estimate of drug-likeness (QED) is 0.356. The molecule has 0 N–H and O–H groups in total. The summed E-state index contributed by atoms with van der Waals surface area (Å²) >= 11 is 0. The number of hydrogen-bond donors (Lipinski definition) is 0. The summed E-state index contributed by atoms with van der Waals surface area (Å²) in [7, 11) is 0. The van der Waals surface area contributed by atoms with Crippen LogP contribution < -0.4 is 4.90 Å². The van der Waals surface area contributed by atoms with Crippen molar-refractivity contribution in [2.24, 2.45) is 5.92 Å². The summed E-state index contributed by atoms with van der Waals surface area (Å²) in [4.78, 5) is 31.9. The zero-order valence-electron chi connectivity index (χ0n) is 12.2. The molecule has 0 amide bonds. The molecule has 116 valence electrons. The third-order valence-corrected chi connectivity index (χ3v) is 3.49. The van der Waals surface area contributed by atoms with Gasteiger partial charge in [-0.15, -0.1) is 6.42 Å². The van der Waals surface area contributed by atoms with Gasteiger partial charge in [-0.1, -0.05) is 0 Å². The van der Waals surface area contributed by atoms with Gasteiger partial charge in [-0.2, -0.15) is 4.98 Å². The number of anilines is 1. The molecule has 1 aromatic heterocycles. The van der Waals surface area contributed by atoms with Crippen LogP contribution in [0, 0.1) is 28.4 Å². The van der Waals surface area contributed by atoms with Crippen molar-refractivity contribution in [1.29, 1.82) is 0 Å². The third-order valence-electron chi connectivity index (χ3n) is 3.49. The van der Waals surface area contributed by atoms with E-state index in [-0.39, 0.29) is 29.2 Å². The topological polar surface area (TPSA) is 98.5 Å². The lowest BCUT2D eigenvalue weighted by Crippen LogP contribution is -2.37. The van der Waals surface area contributed by atoms with E-state index in [0.717, 1.165) is 6.20 Å². The zero-order chi connectivity index (χ0) is 16.1. The summed E-state index contributed by atoms with van der Waals surface area (Å²) in [6, 6.07) is 0. The Morgan fingerprint density at radius 3 is 2.82 bits per heavy atom. The molecule has 8 nitrogen and oxygen atoms in total. The molecule has 0 unspecified atom stereocenters. The molecule has 1 saturated heterocycles. The van der Waals surface area contributed by atoms with Gasteiger partial charge in [0.1, 0.15) is 6.20 Å². The minimum atomic E-state index is -0.535. The first-order valence-electron chi connectivity index (χ1n) is 6.96. The fourth-order valence-corrected chi connectivity index (χ4v) is 2.38. The number of carbonyl (C=O) groups excluding carboxylic acids is 1. The average molecular weight is 304 g/mol. The minimum Gasteiger partial charge on any atom is -0.466 e. The van der Waals surface area contributed by atoms with Crippen LogP contribution >= 0.6 is 0 Å². The molecule has 8 heteroatoms. The number of esters is 1. The minimum absolute atomic E-state index is 0.105. The van der Waals surface area contributed by atoms with E-state index in [1.807, 2.05) is 0 Å². The highest BCUT2D eigenvalue weighted by Gasteiger charge is 2.30. The number of rotatable bonds is 4. The Hall–Kier alpha value is -2.69. The molecular formula is C14H16N4O4. The molecule has 2 heterocycles. The number of nitrogens with zero attached hydrogens (tertiary/aromatic N) is 4. The number of carbonyl (C=O) groups is 1. The van der Waals surface area contributed by atoms with E-state index < -0.39 is 4.92 Å². The predicted octanol–water partition coefficient (Wildman–Crippen LogP) is 1.15. The predicted molar refractivity (Wildman–Crippen MR) is 78.2 cm³/mol. The van der Waals surface area contributed by atoms with E-state index in [2.05, 4.69) is 15.9 Å². The molecule has 1 aliphatic heterocycles. The standard InChI is InChI=1S/C14H16N4O4/c1-3-12-15-9-11(18(20)21)13(16-12)17-7-5-10(6-8-17)14(19)22-4-2/h1,9-10H,4-8H2,2H3. The lowest BCUT2D eigenvalue weighted by Gasteiger charge is -2.31. The monoisotopic (exact) mass is 304 g/mol. The zero-order valence-corrected chi connectivity index (χ0v) is 12.2. The molecule has 0 bridgehead atoms. The summed E-state index contributed by atoms with van der Waals surface area (Å²) in [5, 5.41) is 11.1. The van der Waals surface area contributed by atoms with Crippen molar-refractivity contribution in [2.75, 3.05) is 24.6 Å². The fraction of sp³-hybridized carbons (Fsp3) is 0.500.